The lowest BCUT2D eigenvalue weighted by Crippen LogP contribution is -2.56. The fourth-order valence-corrected chi connectivity index (χ4v) is 3.55. The molecule has 2 saturated heterocycles. The van der Waals surface area contributed by atoms with E-state index in [0.717, 1.165) is 13.3 Å². The summed E-state index contributed by atoms with van der Waals surface area (Å²) in [5.41, 5.74) is 0.627. The van der Waals surface area contributed by atoms with Gasteiger partial charge < -0.3 is 15.4 Å². The molecule has 112 valence electrons. The predicted molar refractivity (Wildman–Crippen MR) is 80.2 cm³/mol. The molecule has 0 bridgehead atoms. The van der Waals surface area contributed by atoms with Crippen LogP contribution in [-0.2, 0) is 4.74 Å². The van der Waals surface area contributed by atoms with E-state index in [1.54, 1.807) is 0 Å². The molecule has 2 heterocycles. The largest absolute Gasteiger partial charge is 0.378 e. The molecular formula is C16H32N2O. The highest BCUT2D eigenvalue weighted by Gasteiger charge is 2.37. The Morgan fingerprint density at radius 3 is 2.42 bits per heavy atom. The summed E-state index contributed by atoms with van der Waals surface area (Å²) in [6.07, 6.45) is 5.36. The maximum absolute atomic E-state index is 5.91. The summed E-state index contributed by atoms with van der Waals surface area (Å²) in [5, 5.41) is 7.24. The van der Waals surface area contributed by atoms with Gasteiger partial charge in [0.05, 0.1) is 6.10 Å². The maximum atomic E-state index is 5.91. The average molecular weight is 268 g/mol. The van der Waals surface area contributed by atoms with E-state index in [4.69, 9.17) is 4.74 Å². The van der Waals surface area contributed by atoms with Gasteiger partial charge in [-0.15, -0.1) is 0 Å². The lowest BCUT2D eigenvalue weighted by Gasteiger charge is -2.42. The van der Waals surface area contributed by atoms with Crippen LogP contribution in [0.2, 0.25) is 0 Å². The summed E-state index contributed by atoms with van der Waals surface area (Å²) in [5.74, 6) is 0. The number of hydrogen-bond donors (Lipinski definition) is 2. The smallest absolute Gasteiger partial charge is 0.0627 e. The Hall–Kier alpha value is -0.120. The molecule has 0 aromatic carbocycles. The molecule has 3 heteroatoms. The summed E-state index contributed by atoms with van der Waals surface area (Å²) in [6, 6.07) is 1.23. The van der Waals surface area contributed by atoms with E-state index in [1.807, 2.05) is 0 Å². The summed E-state index contributed by atoms with van der Waals surface area (Å²) in [7, 11) is 0. The van der Waals surface area contributed by atoms with Crippen LogP contribution in [0.4, 0.5) is 0 Å². The molecule has 0 spiro atoms. The fourth-order valence-electron chi connectivity index (χ4n) is 3.55. The molecule has 19 heavy (non-hydrogen) atoms. The van der Waals surface area contributed by atoms with Gasteiger partial charge in [-0.25, -0.2) is 0 Å². The maximum Gasteiger partial charge on any atom is 0.0627 e. The first kappa shape index (κ1) is 15.3. The van der Waals surface area contributed by atoms with Crippen molar-refractivity contribution in [3.05, 3.63) is 0 Å². The zero-order valence-electron chi connectivity index (χ0n) is 13.4. The highest BCUT2D eigenvalue weighted by molar-refractivity contribution is 4.93. The fraction of sp³-hybridized carbons (Fsp3) is 1.00. The summed E-state index contributed by atoms with van der Waals surface area (Å²) < 4.78 is 5.91. The minimum Gasteiger partial charge on any atom is -0.378 e. The highest BCUT2D eigenvalue weighted by Crippen LogP contribution is 2.37. The molecule has 0 aromatic heterocycles. The van der Waals surface area contributed by atoms with E-state index in [2.05, 4.69) is 45.3 Å². The van der Waals surface area contributed by atoms with E-state index >= 15 is 0 Å². The second-order valence-corrected chi connectivity index (χ2v) is 8.13. The van der Waals surface area contributed by atoms with Crippen molar-refractivity contribution in [2.24, 2.45) is 10.8 Å². The minimum atomic E-state index is 0.286. The second kappa shape index (κ2) is 5.71. The zero-order chi connectivity index (χ0) is 14.1. The third-order valence-corrected chi connectivity index (χ3v) is 4.88. The van der Waals surface area contributed by atoms with Crippen LogP contribution < -0.4 is 10.6 Å². The molecular weight excluding hydrogens is 236 g/mol. The number of ether oxygens (including phenoxy) is 1. The minimum absolute atomic E-state index is 0.286. The SMILES string of the molecule is CC(C)(C)C1CC(CC(C)(C)C2CCCO2)NCN1. The monoisotopic (exact) mass is 268 g/mol. The van der Waals surface area contributed by atoms with Crippen LogP contribution in [0.15, 0.2) is 0 Å². The average Bonchev–Trinajstić information content (AvgIpc) is 2.81. The van der Waals surface area contributed by atoms with Crippen molar-refractivity contribution >= 4 is 0 Å². The van der Waals surface area contributed by atoms with Crippen molar-refractivity contribution in [2.45, 2.75) is 78.5 Å². The first-order valence-corrected chi connectivity index (χ1v) is 7.87. The number of rotatable bonds is 3. The molecule has 0 radical (unpaired) electrons. The van der Waals surface area contributed by atoms with Crippen molar-refractivity contribution < 1.29 is 4.74 Å². The van der Waals surface area contributed by atoms with Gasteiger partial charge in [0, 0.05) is 25.4 Å². The van der Waals surface area contributed by atoms with Gasteiger partial charge in [-0.1, -0.05) is 34.6 Å². The highest BCUT2D eigenvalue weighted by atomic mass is 16.5. The van der Waals surface area contributed by atoms with Gasteiger partial charge in [0.25, 0.3) is 0 Å². The Balaban J connectivity index is 1.91. The predicted octanol–water partition coefficient (Wildman–Crippen LogP) is 2.91. The normalized spacial score (nSPS) is 33.6. The molecule has 3 nitrogen and oxygen atoms in total. The lowest BCUT2D eigenvalue weighted by molar-refractivity contribution is 0.00453. The summed E-state index contributed by atoms with van der Waals surface area (Å²) in [4.78, 5) is 0. The molecule has 0 saturated carbocycles. The van der Waals surface area contributed by atoms with E-state index in [0.29, 0.717) is 23.6 Å². The Morgan fingerprint density at radius 1 is 1.11 bits per heavy atom. The van der Waals surface area contributed by atoms with E-state index in [-0.39, 0.29) is 5.41 Å². The molecule has 2 aliphatic rings. The van der Waals surface area contributed by atoms with Gasteiger partial charge in [0.2, 0.25) is 0 Å². The second-order valence-electron chi connectivity index (χ2n) is 8.13. The Bertz CT molecular complexity index is 290. The van der Waals surface area contributed by atoms with Crippen LogP contribution in [0, 0.1) is 10.8 Å². The van der Waals surface area contributed by atoms with E-state index < -0.39 is 0 Å². The Labute approximate surface area is 118 Å². The molecule has 2 rings (SSSR count). The van der Waals surface area contributed by atoms with Crippen LogP contribution >= 0.6 is 0 Å². The van der Waals surface area contributed by atoms with Crippen LogP contribution in [0.25, 0.3) is 0 Å². The molecule has 0 amide bonds. The Kier molecular flexibility index (Phi) is 4.59. The molecule has 2 fully saturated rings. The molecule has 0 aliphatic carbocycles. The quantitative estimate of drug-likeness (QED) is 0.826. The first-order chi connectivity index (χ1) is 8.79. The molecule has 3 atom stereocenters. The van der Waals surface area contributed by atoms with Crippen LogP contribution in [-0.4, -0.2) is 31.5 Å². The topological polar surface area (TPSA) is 33.3 Å². The first-order valence-electron chi connectivity index (χ1n) is 7.87. The van der Waals surface area contributed by atoms with Crippen molar-refractivity contribution in [3.8, 4) is 0 Å². The van der Waals surface area contributed by atoms with Gasteiger partial charge in [-0.3, -0.25) is 0 Å². The zero-order valence-corrected chi connectivity index (χ0v) is 13.4. The van der Waals surface area contributed by atoms with E-state index in [1.165, 1.54) is 25.7 Å². The third-order valence-electron chi connectivity index (χ3n) is 4.88. The summed E-state index contributed by atoms with van der Waals surface area (Å²) in [6.45, 7) is 13.6. The molecule has 3 unspecified atom stereocenters. The Morgan fingerprint density at radius 2 is 1.84 bits per heavy atom. The molecule has 2 aliphatic heterocycles. The molecule has 0 aromatic rings. The number of hydrogen-bond acceptors (Lipinski definition) is 3. The van der Waals surface area contributed by atoms with Crippen LogP contribution in [0.3, 0.4) is 0 Å². The molecule has 2 N–H and O–H groups in total. The van der Waals surface area contributed by atoms with E-state index in [9.17, 15) is 0 Å². The van der Waals surface area contributed by atoms with Crippen LogP contribution in [0.5, 0.6) is 0 Å². The standard InChI is InChI=1S/C16H32N2O/c1-15(2,3)13-9-12(17-11-18-13)10-16(4,5)14-7-6-8-19-14/h12-14,17-18H,6-11H2,1-5H3. The number of nitrogens with one attached hydrogen (secondary N) is 2. The van der Waals surface area contributed by atoms with Gasteiger partial charge in [0.1, 0.15) is 0 Å². The van der Waals surface area contributed by atoms with Crippen molar-refractivity contribution in [1.29, 1.82) is 0 Å². The van der Waals surface area contributed by atoms with Gasteiger partial charge in [-0.2, -0.15) is 0 Å². The van der Waals surface area contributed by atoms with Crippen molar-refractivity contribution in [1.82, 2.24) is 10.6 Å². The van der Waals surface area contributed by atoms with Gasteiger partial charge in [0.15, 0.2) is 0 Å². The van der Waals surface area contributed by atoms with Crippen molar-refractivity contribution in [3.63, 3.8) is 0 Å². The van der Waals surface area contributed by atoms with Gasteiger partial charge >= 0.3 is 0 Å². The third kappa shape index (κ3) is 3.93. The lowest BCUT2D eigenvalue weighted by atomic mass is 9.75. The van der Waals surface area contributed by atoms with Crippen molar-refractivity contribution in [2.75, 3.05) is 13.3 Å². The summed E-state index contributed by atoms with van der Waals surface area (Å²) >= 11 is 0. The van der Waals surface area contributed by atoms with Gasteiger partial charge in [-0.05, 0) is 36.5 Å². The van der Waals surface area contributed by atoms with Crippen LogP contribution in [0.1, 0.15) is 60.3 Å².